The number of hydrogen-bond donors (Lipinski definition) is 1. The minimum absolute atomic E-state index is 0.0116. The van der Waals surface area contributed by atoms with E-state index in [9.17, 15) is 16.0 Å². The summed E-state index contributed by atoms with van der Waals surface area (Å²) in [6.45, 7) is 2.27. The van der Waals surface area contributed by atoms with Gasteiger partial charge in [-0.25, -0.2) is 10.9 Å². The van der Waals surface area contributed by atoms with Crippen LogP contribution in [0.3, 0.4) is 0 Å². The minimum atomic E-state index is -3.76. The molecule has 172 valence electrons. The number of rotatable bonds is 19. The molecule has 1 aromatic carbocycles. The van der Waals surface area contributed by atoms with Gasteiger partial charge < -0.3 is 5.11 Å². The molecule has 0 spiro atoms. The topological polar surface area (TPSA) is 71.4 Å². The molecule has 30 heavy (non-hydrogen) atoms. The summed E-state index contributed by atoms with van der Waals surface area (Å²) in [7, 11) is 0. The van der Waals surface area contributed by atoms with Crippen molar-refractivity contribution in [2.45, 2.75) is 116 Å². The van der Waals surface area contributed by atoms with Gasteiger partial charge >= 0.3 is 25.8 Å². The van der Waals surface area contributed by atoms with E-state index < -0.39 is 25.8 Å². The highest BCUT2D eigenvalue weighted by atomic mass is 127. The number of halogens is 1. The van der Waals surface area contributed by atoms with E-state index in [4.69, 9.17) is 0 Å². The Labute approximate surface area is 190 Å². The van der Waals surface area contributed by atoms with Crippen molar-refractivity contribution >= 4 is 25.8 Å². The van der Waals surface area contributed by atoms with Crippen molar-refractivity contribution in [1.82, 2.24) is 0 Å². The van der Waals surface area contributed by atoms with Crippen LogP contribution in [0.15, 0.2) is 18.2 Å². The Morgan fingerprint density at radius 2 is 1.17 bits per heavy atom. The molecule has 0 saturated heterocycles. The number of carboxylic acids is 1. The first-order valence-corrected chi connectivity index (χ1v) is 14.8. The second-order valence-corrected chi connectivity index (χ2v) is 10.8. The molecule has 0 aliphatic carbocycles. The highest BCUT2D eigenvalue weighted by Crippen LogP contribution is 2.24. The lowest BCUT2D eigenvalue weighted by atomic mass is 10.0. The first-order valence-electron chi connectivity index (χ1n) is 12.0. The van der Waals surface area contributed by atoms with Gasteiger partial charge in [0.2, 0.25) is 0 Å². The third kappa shape index (κ3) is 12.7. The van der Waals surface area contributed by atoms with Gasteiger partial charge in [-0.3, -0.25) is 0 Å². The van der Waals surface area contributed by atoms with Crippen LogP contribution in [0.2, 0.25) is 0 Å². The van der Waals surface area contributed by atoms with Gasteiger partial charge in [0.25, 0.3) is 0 Å². The number of benzene rings is 1. The Balaban J connectivity index is 1.99. The molecule has 0 unspecified atom stereocenters. The smallest absolute Gasteiger partial charge is 0.341 e. The molecule has 0 bridgehead atoms. The molecule has 1 rings (SSSR count). The van der Waals surface area contributed by atoms with Gasteiger partial charge in [-0.15, -0.1) is 0 Å². The van der Waals surface area contributed by atoms with Gasteiger partial charge in [0.1, 0.15) is 0 Å². The zero-order chi connectivity index (χ0) is 22.0. The van der Waals surface area contributed by atoms with Crippen LogP contribution < -0.4 is 0 Å². The maximum absolute atomic E-state index is 11.2. The highest BCUT2D eigenvalue weighted by Gasteiger charge is 2.14. The Morgan fingerprint density at radius 1 is 0.733 bits per heavy atom. The molecule has 4 nitrogen and oxygen atoms in total. The van der Waals surface area contributed by atoms with E-state index in [1.165, 1.54) is 102 Å². The number of unbranched alkanes of at least 4 members (excludes halogenated alkanes) is 15. The van der Waals surface area contributed by atoms with E-state index >= 15 is 0 Å². The largest absolute Gasteiger partial charge is 0.478 e. The Bertz CT molecular complexity index is 659. The summed E-state index contributed by atoms with van der Waals surface area (Å²) in [5, 5.41) is 9.20. The van der Waals surface area contributed by atoms with Crippen molar-refractivity contribution in [3.8, 4) is 0 Å². The van der Waals surface area contributed by atoms with Crippen LogP contribution in [0.1, 0.15) is 126 Å². The predicted molar refractivity (Wildman–Crippen MR) is 131 cm³/mol. The lowest BCUT2D eigenvalue weighted by Crippen LogP contribution is -2.01. The van der Waals surface area contributed by atoms with Gasteiger partial charge in [-0.1, -0.05) is 109 Å². The van der Waals surface area contributed by atoms with Crippen molar-refractivity contribution < 1.29 is 16.0 Å². The molecule has 0 aromatic heterocycles. The predicted octanol–water partition coefficient (Wildman–Crippen LogP) is 8.56. The average molecular weight is 533 g/mol. The number of hydrogen-bond acceptors (Lipinski definition) is 3. The summed E-state index contributed by atoms with van der Waals surface area (Å²) < 4.78 is 22.4. The summed E-state index contributed by atoms with van der Waals surface area (Å²) in [4.78, 5) is 11.2. The second kappa shape index (κ2) is 17.7. The Kier molecular flexibility index (Phi) is 15.9. The fourth-order valence-corrected chi connectivity index (χ4v) is 5.24. The van der Waals surface area contributed by atoms with Crippen LogP contribution in [0, 0.1) is 3.57 Å². The SMILES string of the molecule is CCCCCCCCCCCCCCCCCCc1ccc(I(=O)=O)c(C(=O)O)c1. The number of aromatic carboxylic acids is 1. The first kappa shape index (κ1) is 27.1. The summed E-state index contributed by atoms with van der Waals surface area (Å²) in [6.07, 6.45) is 22.1. The normalized spacial score (nSPS) is 11.3. The molecule has 0 heterocycles. The fraction of sp³-hybridized carbons (Fsp3) is 0.720. The molecule has 5 heteroatoms. The molecule has 0 atom stereocenters. The molecule has 0 aliphatic rings. The average Bonchev–Trinajstić information content (AvgIpc) is 2.73. The van der Waals surface area contributed by atoms with Crippen LogP contribution in [-0.4, -0.2) is 11.1 Å². The maximum Gasteiger partial charge on any atom is 0.341 e. The van der Waals surface area contributed by atoms with Gasteiger partial charge in [-0.05, 0) is 30.5 Å². The van der Waals surface area contributed by atoms with E-state index in [2.05, 4.69) is 6.92 Å². The molecule has 0 aliphatic heterocycles. The molecule has 1 aromatic rings. The summed E-state index contributed by atoms with van der Waals surface area (Å²) in [5.74, 6) is -1.16. The maximum atomic E-state index is 11.2. The van der Waals surface area contributed by atoms with Crippen LogP contribution in [0.5, 0.6) is 0 Å². The minimum Gasteiger partial charge on any atom is -0.478 e. The number of carboxylic acid groups (broad SMARTS) is 1. The van der Waals surface area contributed by atoms with Crippen LogP contribution >= 0.6 is 19.8 Å². The standard InChI is InChI=1S/C25H41IO4/c1-2-3-4-5-6-7-8-9-10-11-12-13-14-15-16-17-18-22-19-20-24(26(29)30)23(21-22)25(27)28/h19-21H,2-18H2,1H3,(H,27,28). The van der Waals surface area contributed by atoms with E-state index in [0.717, 1.165) is 24.8 Å². The van der Waals surface area contributed by atoms with Crippen LogP contribution in [-0.2, 0) is 12.6 Å². The van der Waals surface area contributed by atoms with Crippen molar-refractivity contribution in [1.29, 1.82) is 0 Å². The molecular weight excluding hydrogens is 491 g/mol. The van der Waals surface area contributed by atoms with Crippen molar-refractivity contribution in [3.63, 3.8) is 0 Å². The first-order chi connectivity index (χ1) is 14.6. The molecule has 0 amide bonds. The van der Waals surface area contributed by atoms with Gasteiger partial charge in [-0.2, -0.15) is 0 Å². The third-order valence-electron chi connectivity index (χ3n) is 5.75. The summed E-state index contributed by atoms with van der Waals surface area (Å²) >= 11 is -3.76. The highest BCUT2D eigenvalue weighted by molar-refractivity contribution is 14.2. The van der Waals surface area contributed by atoms with Crippen molar-refractivity contribution in [2.75, 3.05) is 0 Å². The summed E-state index contributed by atoms with van der Waals surface area (Å²) in [5.41, 5.74) is 0.846. The van der Waals surface area contributed by atoms with Crippen LogP contribution in [0.4, 0.5) is 0 Å². The third-order valence-corrected chi connectivity index (χ3v) is 7.64. The number of aryl methyl sites for hydroxylation is 1. The zero-order valence-corrected chi connectivity index (χ0v) is 21.0. The molecule has 1 N–H and O–H groups in total. The fourth-order valence-electron chi connectivity index (χ4n) is 3.90. The lowest BCUT2D eigenvalue weighted by Gasteiger charge is -2.05. The van der Waals surface area contributed by atoms with Gasteiger partial charge in [0.15, 0.2) is 0 Å². The van der Waals surface area contributed by atoms with Crippen LogP contribution in [0.25, 0.3) is 0 Å². The van der Waals surface area contributed by atoms with E-state index in [-0.39, 0.29) is 9.13 Å². The van der Waals surface area contributed by atoms with E-state index in [1.54, 1.807) is 6.07 Å². The Morgan fingerprint density at radius 3 is 1.57 bits per heavy atom. The van der Waals surface area contributed by atoms with Crippen molar-refractivity contribution in [3.05, 3.63) is 32.9 Å². The van der Waals surface area contributed by atoms with Gasteiger partial charge in [0, 0.05) is 0 Å². The van der Waals surface area contributed by atoms with E-state index in [1.807, 2.05) is 0 Å². The Hall–Kier alpha value is -0.980. The molecular formula is C25H41IO4. The number of carbonyl (C=O) groups is 1. The van der Waals surface area contributed by atoms with Gasteiger partial charge in [0.05, 0.1) is 9.13 Å². The quantitative estimate of drug-likeness (QED) is 0.143. The van der Waals surface area contributed by atoms with E-state index in [0.29, 0.717) is 0 Å². The monoisotopic (exact) mass is 532 g/mol. The lowest BCUT2D eigenvalue weighted by molar-refractivity contribution is 0.0695. The molecule has 0 saturated carbocycles. The second-order valence-electron chi connectivity index (χ2n) is 8.39. The molecule has 0 fully saturated rings. The molecule has 0 radical (unpaired) electrons. The van der Waals surface area contributed by atoms with Crippen molar-refractivity contribution in [2.24, 2.45) is 0 Å². The summed E-state index contributed by atoms with van der Waals surface area (Å²) in [6, 6.07) is 4.74. The zero-order valence-electron chi connectivity index (χ0n) is 18.8.